The summed E-state index contributed by atoms with van der Waals surface area (Å²) < 4.78 is 1.94. The van der Waals surface area contributed by atoms with Gasteiger partial charge in [-0.25, -0.2) is 4.79 Å². The topological polar surface area (TPSA) is 67.2 Å². The Balaban J connectivity index is 1.90. The monoisotopic (exact) mass is 287 g/mol. The molecule has 2 N–H and O–H groups in total. The van der Waals surface area contributed by atoms with E-state index >= 15 is 0 Å². The lowest BCUT2D eigenvalue weighted by Gasteiger charge is -2.07. The first kappa shape index (κ1) is 15.3. The van der Waals surface area contributed by atoms with E-state index in [4.69, 9.17) is 5.11 Å². The third-order valence-electron chi connectivity index (χ3n) is 3.12. The molecule has 0 aliphatic rings. The van der Waals surface area contributed by atoms with E-state index in [-0.39, 0.29) is 0 Å². The van der Waals surface area contributed by atoms with Crippen LogP contribution in [0, 0.1) is 5.92 Å². The van der Waals surface area contributed by atoms with Crippen LogP contribution < -0.4 is 5.32 Å². The van der Waals surface area contributed by atoms with Crippen LogP contribution in [0.25, 0.3) is 0 Å². The zero-order valence-electron chi connectivity index (χ0n) is 12.4. The Labute approximate surface area is 124 Å². The predicted octanol–water partition coefficient (Wildman–Crippen LogP) is 2.53. The van der Waals surface area contributed by atoms with Crippen molar-refractivity contribution < 1.29 is 9.90 Å². The Morgan fingerprint density at radius 2 is 2.05 bits per heavy atom. The van der Waals surface area contributed by atoms with Crippen LogP contribution in [-0.4, -0.2) is 20.9 Å². The molecule has 0 spiro atoms. The molecule has 5 heteroatoms. The highest BCUT2D eigenvalue weighted by molar-refractivity contribution is 5.89. The molecule has 5 nitrogen and oxygen atoms in total. The minimum absolute atomic E-state index is 0.343. The van der Waals surface area contributed by atoms with Crippen molar-refractivity contribution in [2.45, 2.75) is 33.5 Å². The molecule has 0 fully saturated rings. The Hall–Kier alpha value is -2.14. The van der Waals surface area contributed by atoms with Gasteiger partial charge in [0.15, 0.2) is 0 Å². The molecule has 0 aliphatic heterocycles. The lowest BCUT2D eigenvalue weighted by molar-refractivity contribution is 0.0695. The number of nitrogens with zero attached hydrogens (tertiary/aromatic N) is 2. The van der Waals surface area contributed by atoms with Gasteiger partial charge in [-0.05, 0) is 23.6 Å². The smallest absolute Gasteiger partial charge is 0.336 e. The zero-order valence-corrected chi connectivity index (χ0v) is 12.4. The van der Waals surface area contributed by atoms with Gasteiger partial charge in [0, 0.05) is 25.8 Å². The Kier molecular flexibility index (Phi) is 5.11. The fraction of sp³-hybridized carbons (Fsp3) is 0.375. The number of carboxylic acid groups (broad SMARTS) is 1. The number of hydrogen-bond acceptors (Lipinski definition) is 3. The first-order valence-electron chi connectivity index (χ1n) is 7.10. The first-order valence-corrected chi connectivity index (χ1v) is 7.10. The van der Waals surface area contributed by atoms with Gasteiger partial charge in [0.25, 0.3) is 0 Å². The molecule has 2 aromatic rings. The maximum atomic E-state index is 11.1. The second kappa shape index (κ2) is 7.04. The highest BCUT2D eigenvalue weighted by Crippen LogP contribution is 2.09. The van der Waals surface area contributed by atoms with Gasteiger partial charge in [-0.3, -0.25) is 4.68 Å². The van der Waals surface area contributed by atoms with Crippen molar-refractivity contribution in [3.63, 3.8) is 0 Å². The molecule has 2 rings (SSSR count). The largest absolute Gasteiger partial charge is 0.478 e. The lowest BCUT2D eigenvalue weighted by Crippen LogP contribution is -2.16. The molecule has 21 heavy (non-hydrogen) atoms. The second-order valence-corrected chi connectivity index (χ2v) is 5.49. The van der Waals surface area contributed by atoms with Gasteiger partial charge in [-0.15, -0.1) is 0 Å². The van der Waals surface area contributed by atoms with Crippen LogP contribution in [0.3, 0.4) is 0 Å². The van der Waals surface area contributed by atoms with Crippen LogP contribution in [0.4, 0.5) is 0 Å². The first-order chi connectivity index (χ1) is 10.1. The van der Waals surface area contributed by atoms with Gasteiger partial charge < -0.3 is 10.4 Å². The normalized spacial score (nSPS) is 11.0. The fourth-order valence-electron chi connectivity index (χ4n) is 2.18. The van der Waals surface area contributed by atoms with E-state index in [9.17, 15) is 4.79 Å². The molecule has 0 radical (unpaired) electrons. The summed E-state index contributed by atoms with van der Waals surface area (Å²) in [4.78, 5) is 11.1. The maximum Gasteiger partial charge on any atom is 0.336 e. The molecule has 1 heterocycles. The average Bonchev–Trinajstić information content (AvgIpc) is 2.86. The van der Waals surface area contributed by atoms with Crippen molar-refractivity contribution >= 4 is 5.97 Å². The minimum atomic E-state index is -0.895. The fourth-order valence-corrected chi connectivity index (χ4v) is 2.18. The summed E-state index contributed by atoms with van der Waals surface area (Å²) in [5.41, 5.74) is 2.09. The van der Waals surface area contributed by atoms with Crippen molar-refractivity contribution in [3.8, 4) is 0 Å². The third-order valence-corrected chi connectivity index (χ3v) is 3.12. The molecule has 0 atom stereocenters. The summed E-state index contributed by atoms with van der Waals surface area (Å²) in [6, 6.07) is 9.02. The summed E-state index contributed by atoms with van der Waals surface area (Å²) in [6.07, 6.45) is 1.97. The van der Waals surface area contributed by atoms with E-state index in [0.29, 0.717) is 24.6 Å². The van der Waals surface area contributed by atoms with Crippen LogP contribution >= 0.6 is 0 Å². The SMILES string of the molecule is CC(C)Cn1ccc(CNCc2ccccc2C(=O)O)n1. The number of benzene rings is 1. The zero-order chi connectivity index (χ0) is 15.2. The maximum absolute atomic E-state index is 11.1. The van der Waals surface area contributed by atoms with E-state index in [1.807, 2.05) is 29.1 Å². The molecular formula is C16H21N3O2. The average molecular weight is 287 g/mol. The molecular weight excluding hydrogens is 266 g/mol. The summed E-state index contributed by atoms with van der Waals surface area (Å²) in [5.74, 6) is -0.332. The number of rotatable bonds is 7. The van der Waals surface area contributed by atoms with Crippen LogP contribution in [0.15, 0.2) is 36.5 Å². The molecule has 0 bridgehead atoms. The van der Waals surface area contributed by atoms with Gasteiger partial charge >= 0.3 is 5.97 Å². The highest BCUT2D eigenvalue weighted by Gasteiger charge is 2.08. The van der Waals surface area contributed by atoms with Crippen molar-refractivity contribution in [1.29, 1.82) is 0 Å². The lowest BCUT2D eigenvalue weighted by atomic mass is 10.1. The van der Waals surface area contributed by atoms with Crippen LogP contribution in [0.2, 0.25) is 0 Å². The van der Waals surface area contributed by atoms with Crippen LogP contribution in [-0.2, 0) is 19.6 Å². The molecule has 0 amide bonds. The van der Waals surface area contributed by atoms with E-state index < -0.39 is 5.97 Å². The molecule has 0 unspecified atom stereocenters. The van der Waals surface area contributed by atoms with E-state index in [0.717, 1.165) is 17.8 Å². The second-order valence-electron chi connectivity index (χ2n) is 5.49. The molecule has 112 valence electrons. The van der Waals surface area contributed by atoms with E-state index in [1.54, 1.807) is 12.1 Å². The van der Waals surface area contributed by atoms with Gasteiger partial charge in [-0.1, -0.05) is 32.0 Å². The van der Waals surface area contributed by atoms with Crippen molar-refractivity contribution in [3.05, 3.63) is 53.3 Å². The Morgan fingerprint density at radius 1 is 1.29 bits per heavy atom. The number of carbonyl (C=O) groups is 1. The van der Waals surface area contributed by atoms with Crippen molar-refractivity contribution in [2.24, 2.45) is 5.92 Å². The van der Waals surface area contributed by atoms with Gasteiger partial charge in [0.1, 0.15) is 0 Å². The molecule has 0 saturated carbocycles. The summed E-state index contributed by atoms with van der Waals surface area (Å²) >= 11 is 0. The van der Waals surface area contributed by atoms with Gasteiger partial charge in [0.2, 0.25) is 0 Å². The Morgan fingerprint density at radius 3 is 2.76 bits per heavy atom. The summed E-state index contributed by atoms with van der Waals surface area (Å²) in [5, 5.41) is 16.8. The quantitative estimate of drug-likeness (QED) is 0.821. The third kappa shape index (κ3) is 4.43. The number of hydrogen-bond donors (Lipinski definition) is 2. The van der Waals surface area contributed by atoms with Crippen LogP contribution in [0.1, 0.15) is 35.5 Å². The highest BCUT2D eigenvalue weighted by atomic mass is 16.4. The number of aromatic carboxylic acids is 1. The number of nitrogens with one attached hydrogen (secondary N) is 1. The predicted molar refractivity (Wildman–Crippen MR) is 81.0 cm³/mol. The van der Waals surface area contributed by atoms with Gasteiger partial charge in [0.05, 0.1) is 11.3 Å². The number of aromatic nitrogens is 2. The molecule has 1 aromatic carbocycles. The van der Waals surface area contributed by atoms with E-state index in [2.05, 4.69) is 24.3 Å². The summed E-state index contributed by atoms with van der Waals surface area (Å²) in [7, 11) is 0. The van der Waals surface area contributed by atoms with Gasteiger partial charge in [-0.2, -0.15) is 5.10 Å². The van der Waals surface area contributed by atoms with Crippen molar-refractivity contribution in [2.75, 3.05) is 0 Å². The molecule has 0 saturated heterocycles. The minimum Gasteiger partial charge on any atom is -0.478 e. The number of carboxylic acids is 1. The Bertz CT molecular complexity index is 605. The standard InChI is InChI=1S/C16H21N3O2/c1-12(2)11-19-8-7-14(18-19)10-17-9-13-5-3-4-6-15(13)16(20)21/h3-8,12,17H,9-11H2,1-2H3,(H,20,21). The van der Waals surface area contributed by atoms with E-state index in [1.165, 1.54) is 0 Å². The molecule has 1 aromatic heterocycles. The van der Waals surface area contributed by atoms with Crippen molar-refractivity contribution in [1.82, 2.24) is 15.1 Å². The molecule has 0 aliphatic carbocycles. The summed E-state index contributed by atoms with van der Waals surface area (Å²) in [6.45, 7) is 6.35. The van der Waals surface area contributed by atoms with Crippen LogP contribution in [0.5, 0.6) is 0 Å².